The molecule has 2 aromatic heterocycles. The van der Waals surface area contributed by atoms with E-state index in [0.29, 0.717) is 6.54 Å². The number of nitrogens with zero attached hydrogens (tertiary/aromatic N) is 1. The van der Waals surface area contributed by atoms with Gasteiger partial charge >= 0.3 is 0 Å². The maximum Gasteiger partial charge on any atom is 0.208 e. The number of oxazole rings is 1. The molecule has 0 aliphatic carbocycles. The first-order chi connectivity index (χ1) is 8.06. The van der Waals surface area contributed by atoms with Crippen molar-refractivity contribution >= 4 is 11.3 Å². The zero-order chi connectivity index (χ0) is 12.4. The summed E-state index contributed by atoms with van der Waals surface area (Å²) in [5, 5.41) is 3.35. The van der Waals surface area contributed by atoms with Crippen LogP contribution in [0.15, 0.2) is 10.5 Å². The van der Waals surface area contributed by atoms with E-state index < -0.39 is 0 Å². The van der Waals surface area contributed by atoms with Gasteiger partial charge in [0.05, 0.1) is 12.2 Å². The van der Waals surface area contributed by atoms with E-state index in [1.807, 2.05) is 25.2 Å². The molecule has 2 rings (SSSR count). The molecule has 17 heavy (non-hydrogen) atoms. The van der Waals surface area contributed by atoms with Crippen molar-refractivity contribution in [2.24, 2.45) is 0 Å². The summed E-state index contributed by atoms with van der Waals surface area (Å²) in [4.78, 5) is 7.09. The Hall–Kier alpha value is -1.13. The quantitative estimate of drug-likeness (QED) is 0.905. The Balaban J connectivity index is 1.87. The number of hydrogen-bond donors (Lipinski definition) is 1. The van der Waals surface area contributed by atoms with Gasteiger partial charge in [0.25, 0.3) is 0 Å². The fourth-order valence-electron chi connectivity index (χ4n) is 1.64. The molecule has 0 aliphatic heterocycles. The van der Waals surface area contributed by atoms with Gasteiger partial charge in [0.15, 0.2) is 0 Å². The molecule has 2 aromatic rings. The van der Waals surface area contributed by atoms with Crippen LogP contribution in [0.25, 0.3) is 0 Å². The minimum Gasteiger partial charge on any atom is -0.444 e. The van der Waals surface area contributed by atoms with E-state index in [0.717, 1.165) is 23.9 Å². The summed E-state index contributed by atoms with van der Waals surface area (Å²) >= 11 is 1.84. The number of aryl methyl sites for hydroxylation is 4. The van der Waals surface area contributed by atoms with Crippen molar-refractivity contribution < 1.29 is 4.42 Å². The van der Waals surface area contributed by atoms with Crippen LogP contribution in [-0.4, -0.2) is 4.98 Å². The van der Waals surface area contributed by atoms with E-state index in [2.05, 4.69) is 30.2 Å². The van der Waals surface area contributed by atoms with Crippen LogP contribution in [0, 0.1) is 27.7 Å². The average Bonchev–Trinajstić information content (AvgIpc) is 2.73. The van der Waals surface area contributed by atoms with Gasteiger partial charge in [-0.05, 0) is 39.3 Å². The summed E-state index contributed by atoms with van der Waals surface area (Å²) < 4.78 is 5.51. The summed E-state index contributed by atoms with van der Waals surface area (Å²) in [6.07, 6.45) is 0. The molecule has 0 bridgehead atoms. The molecule has 0 aliphatic rings. The molecule has 2 heterocycles. The van der Waals surface area contributed by atoms with Crippen molar-refractivity contribution in [3.63, 3.8) is 0 Å². The fourth-order valence-corrected chi connectivity index (χ4v) is 2.67. The molecule has 0 amide bonds. The monoisotopic (exact) mass is 250 g/mol. The standard InChI is InChI=1S/C13H18N2OS/c1-8-5-12(17-11(8)4)6-14-7-13-15-9(2)10(3)16-13/h5,14H,6-7H2,1-4H3. The summed E-state index contributed by atoms with van der Waals surface area (Å²) in [5.74, 6) is 1.68. The van der Waals surface area contributed by atoms with E-state index >= 15 is 0 Å². The molecule has 3 nitrogen and oxygen atoms in total. The first-order valence-electron chi connectivity index (χ1n) is 5.76. The van der Waals surface area contributed by atoms with E-state index in [-0.39, 0.29) is 0 Å². The van der Waals surface area contributed by atoms with Gasteiger partial charge in [-0.1, -0.05) is 0 Å². The third-order valence-electron chi connectivity index (χ3n) is 2.87. The van der Waals surface area contributed by atoms with E-state index in [4.69, 9.17) is 4.42 Å². The second-order valence-electron chi connectivity index (χ2n) is 4.30. The van der Waals surface area contributed by atoms with E-state index in [1.165, 1.54) is 15.3 Å². The number of aromatic nitrogens is 1. The molecule has 0 spiro atoms. The summed E-state index contributed by atoms with van der Waals surface area (Å²) in [6.45, 7) is 9.77. The minimum atomic E-state index is 0.685. The molecular formula is C13H18N2OS. The van der Waals surface area contributed by atoms with Crippen molar-refractivity contribution in [3.05, 3.63) is 38.7 Å². The summed E-state index contributed by atoms with van der Waals surface area (Å²) in [7, 11) is 0. The lowest BCUT2D eigenvalue weighted by molar-refractivity contribution is 0.449. The zero-order valence-electron chi connectivity index (χ0n) is 10.8. The van der Waals surface area contributed by atoms with Gasteiger partial charge in [-0.25, -0.2) is 4.98 Å². The third kappa shape index (κ3) is 2.96. The zero-order valence-corrected chi connectivity index (χ0v) is 11.6. The predicted molar refractivity (Wildman–Crippen MR) is 70.3 cm³/mol. The van der Waals surface area contributed by atoms with Crippen LogP contribution in [0.4, 0.5) is 0 Å². The molecule has 0 radical (unpaired) electrons. The second-order valence-corrected chi connectivity index (χ2v) is 5.65. The SMILES string of the molecule is Cc1cc(CNCc2nc(C)c(C)o2)sc1C. The smallest absolute Gasteiger partial charge is 0.208 e. The van der Waals surface area contributed by atoms with E-state index in [9.17, 15) is 0 Å². The predicted octanol–water partition coefficient (Wildman–Crippen LogP) is 3.26. The highest BCUT2D eigenvalue weighted by atomic mass is 32.1. The van der Waals surface area contributed by atoms with Gasteiger partial charge in [-0.15, -0.1) is 11.3 Å². The molecule has 0 saturated carbocycles. The van der Waals surface area contributed by atoms with Crippen molar-refractivity contribution in [2.75, 3.05) is 0 Å². The molecule has 4 heteroatoms. The minimum absolute atomic E-state index is 0.685. The first-order valence-corrected chi connectivity index (χ1v) is 6.57. The van der Waals surface area contributed by atoms with Crippen LogP contribution in [0.1, 0.15) is 32.7 Å². The molecule has 0 unspecified atom stereocenters. The largest absolute Gasteiger partial charge is 0.444 e. The Morgan fingerprint density at radius 3 is 2.53 bits per heavy atom. The number of nitrogens with one attached hydrogen (secondary N) is 1. The van der Waals surface area contributed by atoms with Gasteiger partial charge in [0.2, 0.25) is 5.89 Å². The van der Waals surface area contributed by atoms with Crippen molar-refractivity contribution in [1.82, 2.24) is 10.3 Å². The number of hydrogen-bond acceptors (Lipinski definition) is 4. The second kappa shape index (κ2) is 5.02. The van der Waals surface area contributed by atoms with Gasteiger partial charge in [0.1, 0.15) is 5.76 Å². The molecule has 92 valence electrons. The summed E-state index contributed by atoms with van der Waals surface area (Å²) in [5.41, 5.74) is 2.35. The van der Waals surface area contributed by atoms with Crippen molar-refractivity contribution in [2.45, 2.75) is 40.8 Å². The molecule has 0 atom stereocenters. The van der Waals surface area contributed by atoms with Crippen LogP contribution < -0.4 is 5.32 Å². The van der Waals surface area contributed by atoms with Crippen LogP contribution in [0.5, 0.6) is 0 Å². The Bertz CT molecular complexity index is 428. The normalized spacial score (nSPS) is 11.1. The Morgan fingerprint density at radius 1 is 1.24 bits per heavy atom. The van der Waals surface area contributed by atoms with Crippen LogP contribution in [0.2, 0.25) is 0 Å². The van der Waals surface area contributed by atoms with Crippen LogP contribution >= 0.6 is 11.3 Å². The lowest BCUT2D eigenvalue weighted by Crippen LogP contribution is -2.11. The van der Waals surface area contributed by atoms with Gasteiger partial charge in [-0.2, -0.15) is 0 Å². The third-order valence-corrected chi connectivity index (χ3v) is 4.02. The maximum absolute atomic E-state index is 5.51. The molecule has 0 saturated heterocycles. The number of thiophene rings is 1. The first kappa shape index (κ1) is 12.3. The molecular weight excluding hydrogens is 232 g/mol. The molecule has 0 aromatic carbocycles. The van der Waals surface area contributed by atoms with Crippen LogP contribution in [-0.2, 0) is 13.1 Å². The lowest BCUT2D eigenvalue weighted by Gasteiger charge is -1.98. The summed E-state index contributed by atoms with van der Waals surface area (Å²) in [6, 6.07) is 2.24. The molecule has 1 N–H and O–H groups in total. The van der Waals surface area contributed by atoms with Gasteiger partial charge < -0.3 is 9.73 Å². The lowest BCUT2D eigenvalue weighted by atomic mass is 10.3. The number of rotatable bonds is 4. The van der Waals surface area contributed by atoms with Gasteiger partial charge in [-0.3, -0.25) is 0 Å². The van der Waals surface area contributed by atoms with E-state index in [1.54, 1.807) is 0 Å². The fraction of sp³-hybridized carbons (Fsp3) is 0.462. The molecule has 0 fully saturated rings. The van der Waals surface area contributed by atoms with Crippen molar-refractivity contribution in [3.8, 4) is 0 Å². The Morgan fingerprint density at radius 2 is 2.00 bits per heavy atom. The highest BCUT2D eigenvalue weighted by Crippen LogP contribution is 2.20. The Labute approximate surface area is 106 Å². The average molecular weight is 250 g/mol. The van der Waals surface area contributed by atoms with Crippen LogP contribution in [0.3, 0.4) is 0 Å². The van der Waals surface area contributed by atoms with Gasteiger partial charge in [0, 0.05) is 16.3 Å². The maximum atomic E-state index is 5.51. The van der Waals surface area contributed by atoms with Crippen molar-refractivity contribution in [1.29, 1.82) is 0 Å². The topological polar surface area (TPSA) is 38.1 Å². The highest BCUT2D eigenvalue weighted by molar-refractivity contribution is 7.12. The Kier molecular flexibility index (Phi) is 3.64. The highest BCUT2D eigenvalue weighted by Gasteiger charge is 2.05.